The fourth-order valence-corrected chi connectivity index (χ4v) is 2.58. The number of hydrogen-bond donors (Lipinski definition) is 3. The van der Waals surface area contributed by atoms with E-state index < -0.39 is 0 Å². The second-order valence-corrected chi connectivity index (χ2v) is 6.17. The molecule has 1 aromatic rings. The van der Waals surface area contributed by atoms with Crippen LogP contribution in [0.4, 0.5) is 0 Å². The molecular formula is C20H27N3S. The smallest absolute Gasteiger partial charge is 0.120 e. The van der Waals surface area contributed by atoms with Crippen LogP contribution in [-0.2, 0) is 0 Å². The lowest BCUT2D eigenvalue weighted by molar-refractivity contribution is 0.735. The van der Waals surface area contributed by atoms with E-state index in [1.165, 1.54) is 11.1 Å². The largest absolute Gasteiger partial charge is 0.404 e. The molecule has 1 unspecified atom stereocenters. The summed E-state index contributed by atoms with van der Waals surface area (Å²) in [6, 6.07) is 8.22. The highest BCUT2D eigenvalue weighted by atomic mass is 32.1. The molecule has 1 rings (SSSR count). The minimum Gasteiger partial charge on any atom is -0.404 e. The van der Waals surface area contributed by atoms with Crippen molar-refractivity contribution in [1.29, 1.82) is 5.41 Å². The van der Waals surface area contributed by atoms with Gasteiger partial charge in [0.25, 0.3) is 0 Å². The predicted octanol–water partition coefficient (Wildman–Crippen LogP) is 4.39. The Morgan fingerprint density at radius 2 is 2.00 bits per heavy atom. The standard InChI is InChI=1S/C20H27N3S/c1-5-6-9-15(3)19(13-23-20(24)16(4)22)18(12-21)17-11-8-7-10-14(17)2/h5-12,19,22H,13,21H2,1-4H3,(H,23,24)/b6-5-,15-9+,18-12+,22-16?. The lowest BCUT2D eigenvalue weighted by Gasteiger charge is -2.24. The van der Waals surface area contributed by atoms with Gasteiger partial charge in [0.2, 0.25) is 0 Å². The molecule has 4 heteroatoms. The van der Waals surface area contributed by atoms with Gasteiger partial charge in [-0.25, -0.2) is 0 Å². The topological polar surface area (TPSA) is 61.9 Å². The molecule has 128 valence electrons. The van der Waals surface area contributed by atoms with Crippen molar-refractivity contribution < 1.29 is 0 Å². The first-order valence-electron chi connectivity index (χ1n) is 8.03. The Balaban J connectivity index is 3.22. The molecule has 0 saturated carbocycles. The van der Waals surface area contributed by atoms with Crippen molar-refractivity contribution in [1.82, 2.24) is 5.32 Å². The summed E-state index contributed by atoms with van der Waals surface area (Å²) in [7, 11) is 0. The van der Waals surface area contributed by atoms with Crippen molar-refractivity contribution in [3.8, 4) is 0 Å². The molecule has 0 bridgehead atoms. The van der Waals surface area contributed by atoms with Gasteiger partial charge in [-0.05, 0) is 50.6 Å². The van der Waals surface area contributed by atoms with E-state index in [1.807, 2.05) is 31.2 Å². The van der Waals surface area contributed by atoms with Gasteiger partial charge in [-0.15, -0.1) is 0 Å². The third-order valence-corrected chi connectivity index (χ3v) is 4.37. The SMILES string of the molecule is C/C=C\C=C(/C)C(CNC(=S)C(C)=N)/C(=C/N)c1ccccc1C. The summed E-state index contributed by atoms with van der Waals surface area (Å²) in [6.45, 7) is 8.46. The molecule has 3 nitrogen and oxygen atoms in total. The molecule has 0 radical (unpaired) electrons. The zero-order chi connectivity index (χ0) is 18.1. The molecule has 24 heavy (non-hydrogen) atoms. The van der Waals surface area contributed by atoms with Crippen LogP contribution in [0.2, 0.25) is 0 Å². The van der Waals surface area contributed by atoms with E-state index >= 15 is 0 Å². The molecule has 0 aliphatic heterocycles. The van der Waals surface area contributed by atoms with Crippen LogP contribution in [0.1, 0.15) is 31.9 Å². The third kappa shape index (κ3) is 5.46. The quantitative estimate of drug-likeness (QED) is 0.391. The zero-order valence-electron chi connectivity index (χ0n) is 14.9. The highest BCUT2D eigenvalue weighted by Gasteiger charge is 2.19. The molecule has 0 amide bonds. The van der Waals surface area contributed by atoms with Crippen molar-refractivity contribution in [3.63, 3.8) is 0 Å². The molecule has 1 atom stereocenters. The first-order chi connectivity index (χ1) is 11.4. The number of nitrogens with one attached hydrogen (secondary N) is 2. The number of thiocarbonyl (C=S) groups is 1. The van der Waals surface area contributed by atoms with Crippen LogP contribution < -0.4 is 11.1 Å². The van der Waals surface area contributed by atoms with E-state index in [2.05, 4.69) is 37.4 Å². The molecule has 0 aliphatic rings. The minimum absolute atomic E-state index is 0.0737. The zero-order valence-corrected chi connectivity index (χ0v) is 15.7. The summed E-state index contributed by atoms with van der Waals surface area (Å²) < 4.78 is 0. The maximum Gasteiger partial charge on any atom is 0.120 e. The molecule has 0 aliphatic carbocycles. The van der Waals surface area contributed by atoms with Crippen LogP contribution in [0.3, 0.4) is 0 Å². The van der Waals surface area contributed by atoms with Crippen LogP contribution in [0.5, 0.6) is 0 Å². The molecule has 0 aromatic heterocycles. The summed E-state index contributed by atoms with van der Waals surface area (Å²) in [5, 5.41) is 10.8. The second-order valence-electron chi connectivity index (χ2n) is 5.76. The maximum absolute atomic E-state index is 7.64. The van der Waals surface area contributed by atoms with Gasteiger partial charge in [-0.3, -0.25) is 0 Å². The summed E-state index contributed by atoms with van der Waals surface area (Å²) in [6.07, 6.45) is 7.80. The Bertz CT molecular complexity index is 684. The number of aryl methyl sites for hydroxylation is 1. The highest BCUT2D eigenvalue weighted by molar-refractivity contribution is 7.82. The summed E-state index contributed by atoms with van der Waals surface area (Å²) in [5.74, 6) is 0.0737. The normalized spacial score (nSPS) is 13.8. The van der Waals surface area contributed by atoms with Gasteiger partial charge < -0.3 is 16.5 Å². The van der Waals surface area contributed by atoms with Crippen LogP contribution in [0.15, 0.2) is 54.3 Å². The van der Waals surface area contributed by atoms with E-state index in [1.54, 1.807) is 13.1 Å². The number of rotatable bonds is 7. The number of benzene rings is 1. The van der Waals surface area contributed by atoms with Gasteiger partial charge in [0.15, 0.2) is 0 Å². The molecule has 0 saturated heterocycles. The molecule has 0 fully saturated rings. The Morgan fingerprint density at radius 1 is 1.33 bits per heavy atom. The van der Waals surface area contributed by atoms with Crippen molar-refractivity contribution in [2.75, 3.05) is 6.54 Å². The third-order valence-electron chi connectivity index (χ3n) is 3.92. The van der Waals surface area contributed by atoms with Crippen LogP contribution in [0.25, 0.3) is 5.57 Å². The molecule has 4 N–H and O–H groups in total. The highest BCUT2D eigenvalue weighted by Crippen LogP contribution is 2.30. The van der Waals surface area contributed by atoms with E-state index in [0.717, 1.165) is 11.1 Å². The van der Waals surface area contributed by atoms with E-state index in [-0.39, 0.29) is 5.92 Å². The number of allylic oxidation sites excluding steroid dienone is 3. The van der Waals surface area contributed by atoms with Gasteiger partial charge in [-0.1, -0.05) is 60.3 Å². The molecular weight excluding hydrogens is 314 g/mol. The van der Waals surface area contributed by atoms with Crippen molar-refractivity contribution >= 4 is 28.5 Å². The maximum atomic E-state index is 7.64. The summed E-state index contributed by atoms with van der Waals surface area (Å²) in [4.78, 5) is 0.472. The first-order valence-corrected chi connectivity index (χ1v) is 8.43. The van der Waals surface area contributed by atoms with Crippen molar-refractivity contribution in [2.45, 2.75) is 27.7 Å². The lowest BCUT2D eigenvalue weighted by Crippen LogP contribution is -2.33. The summed E-state index contributed by atoms with van der Waals surface area (Å²) in [5.41, 5.74) is 10.9. The lowest BCUT2D eigenvalue weighted by atomic mass is 9.85. The van der Waals surface area contributed by atoms with Gasteiger partial charge in [0.05, 0.1) is 5.71 Å². The van der Waals surface area contributed by atoms with Gasteiger partial charge in [0, 0.05) is 12.5 Å². The van der Waals surface area contributed by atoms with Gasteiger partial charge in [0.1, 0.15) is 4.99 Å². The van der Waals surface area contributed by atoms with E-state index in [4.69, 9.17) is 23.4 Å². The minimum atomic E-state index is 0.0737. The van der Waals surface area contributed by atoms with Crippen LogP contribution in [0, 0.1) is 18.3 Å². The van der Waals surface area contributed by atoms with Gasteiger partial charge in [-0.2, -0.15) is 0 Å². The van der Waals surface area contributed by atoms with Crippen molar-refractivity contribution in [2.24, 2.45) is 11.7 Å². The monoisotopic (exact) mass is 341 g/mol. The van der Waals surface area contributed by atoms with Gasteiger partial charge >= 0.3 is 0 Å². The van der Waals surface area contributed by atoms with Crippen LogP contribution in [-0.4, -0.2) is 17.2 Å². The average Bonchev–Trinajstić information content (AvgIpc) is 2.57. The number of hydrogen-bond acceptors (Lipinski definition) is 3. The predicted molar refractivity (Wildman–Crippen MR) is 109 cm³/mol. The Kier molecular flexibility index (Phi) is 8.13. The fourth-order valence-electron chi connectivity index (χ4n) is 2.50. The summed E-state index contributed by atoms with van der Waals surface area (Å²) >= 11 is 5.22. The Labute approximate surface area is 150 Å². The van der Waals surface area contributed by atoms with Crippen molar-refractivity contribution in [3.05, 3.63) is 65.4 Å². The molecule has 0 spiro atoms. The average molecular weight is 342 g/mol. The number of nitrogens with two attached hydrogens (primary N) is 1. The molecule has 0 heterocycles. The first kappa shape index (κ1) is 19.8. The van der Waals surface area contributed by atoms with E-state index in [0.29, 0.717) is 17.2 Å². The van der Waals surface area contributed by atoms with E-state index in [9.17, 15) is 0 Å². The fraction of sp³-hybridized carbons (Fsp3) is 0.300. The second kappa shape index (κ2) is 9.83. The Morgan fingerprint density at radius 3 is 2.54 bits per heavy atom. The Hall–Kier alpha value is -2.20. The van der Waals surface area contributed by atoms with Crippen LogP contribution >= 0.6 is 12.2 Å². The molecule has 1 aromatic carbocycles.